The van der Waals surface area contributed by atoms with Gasteiger partial charge in [0, 0.05) is 6.07 Å². The van der Waals surface area contributed by atoms with Crippen LogP contribution in [0.2, 0.25) is 0 Å². The number of rotatable bonds is 3. The first-order valence-corrected chi connectivity index (χ1v) is 5.51. The zero-order valence-electron chi connectivity index (χ0n) is 10.1. The molecule has 0 saturated heterocycles. The molecule has 2 rings (SSSR count). The Morgan fingerprint density at radius 1 is 1.00 bits per heavy atom. The first-order valence-electron chi connectivity index (χ1n) is 5.51. The number of phenols is 3. The van der Waals surface area contributed by atoms with Gasteiger partial charge in [-0.2, -0.15) is 0 Å². The van der Waals surface area contributed by atoms with Gasteiger partial charge in [-0.05, 0) is 37.3 Å². The van der Waals surface area contributed by atoms with Gasteiger partial charge in [-0.15, -0.1) is 0 Å². The van der Waals surface area contributed by atoms with Crippen LogP contribution >= 0.6 is 0 Å². The van der Waals surface area contributed by atoms with E-state index in [1.54, 1.807) is 0 Å². The third-order valence-corrected chi connectivity index (χ3v) is 2.52. The molecule has 0 aliphatic carbocycles. The Hall–Kier alpha value is -2.69. The summed E-state index contributed by atoms with van der Waals surface area (Å²) in [5, 5.41) is 27.9. The predicted octanol–water partition coefficient (Wildman–Crippen LogP) is 2.80. The van der Waals surface area contributed by atoms with Crippen molar-refractivity contribution in [2.75, 3.05) is 0 Å². The second kappa shape index (κ2) is 4.89. The van der Waals surface area contributed by atoms with Gasteiger partial charge in [-0.1, -0.05) is 0 Å². The molecule has 0 heterocycles. The minimum absolute atomic E-state index is 0.0360. The fourth-order valence-electron chi connectivity index (χ4n) is 1.58. The molecule has 5 nitrogen and oxygen atoms in total. The summed E-state index contributed by atoms with van der Waals surface area (Å²) in [6.45, 7) is 1.36. The number of benzene rings is 2. The molecule has 3 N–H and O–H groups in total. The summed E-state index contributed by atoms with van der Waals surface area (Å²) in [6, 6.07) is 8.10. The Kier molecular flexibility index (Phi) is 3.29. The van der Waals surface area contributed by atoms with Gasteiger partial charge in [0.25, 0.3) is 0 Å². The van der Waals surface area contributed by atoms with Crippen molar-refractivity contribution in [1.82, 2.24) is 0 Å². The molecule has 0 aromatic heterocycles. The molecule has 0 fully saturated rings. The number of carbonyl (C=O) groups excluding carboxylic acids is 1. The van der Waals surface area contributed by atoms with Gasteiger partial charge in [0.1, 0.15) is 17.2 Å². The molecule has 0 radical (unpaired) electrons. The summed E-state index contributed by atoms with van der Waals surface area (Å²) in [6.07, 6.45) is 0. The molecule has 2 aromatic rings. The standard InChI is InChI=1S/C14H12O5/c1-8(15)11-6-9(16)2-5-14(11)19-10-3-4-12(17)13(18)7-10/h2-7,16-18H,1H3. The summed E-state index contributed by atoms with van der Waals surface area (Å²) in [4.78, 5) is 11.4. The van der Waals surface area contributed by atoms with E-state index in [2.05, 4.69) is 0 Å². The molecule has 0 aliphatic heterocycles. The Labute approximate surface area is 109 Å². The van der Waals surface area contributed by atoms with Crippen LogP contribution in [0.3, 0.4) is 0 Å². The maximum atomic E-state index is 11.4. The van der Waals surface area contributed by atoms with Gasteiger partial charge in [-0.3, -0.25) is 4.79 Å². The molecule has 0 atom stereocenters. The topological polar surface area (TPSA) is 87.0 Å². The molecule has 0 spiro atoms. The van der Waals surface area contributed by atoms with Crippen LogP contribution in [0.15, 0.2) is 36.4 Å². The molecule has 2 aromatic carbocycles. The van der Waals surface area contributed by atoms with Gasteiger partial charge in [0.2, 0.25) is 0 Å². The van der Waals surface area contributed by atoms with E-state index < -0.39 is 0 Å². The Balaban J connectivity index is 2.37. The highest BCUT2D eigenvalue weighted by Gasteiger charge is 2.11. The summed E-state index contributed by atoms with van der Waals surface area (Å²) in [7, 11) is 0. The van der Waals surface area contributed by atoms with Crippen LogP contribution in [0.25, 0.3) is 0 Å². The Morgan fingerprint density at radius 3 is 2.37 bits per heavy atom. The quantitative estimate of drug-likeness (QED) is 0.583. The number of ketones is 1. The van der Waals surface area contributed by atoms with E-state index in [0.717, 1.165) is 0 Å². The number of Topliss-reactive ketones (excluding diaryl/α,β-unsaturated/α-hetero) is 1. The highest BCUT2D eigenvalue weighted by molar-refractivity contribution is 5.97. The van der Waals surface area contributed by atoms with Gasteiger partial charge in [0.15, 0.2) is 17.3 Å². The zero-order chi connectivity index (χ0) is 14.0. The third-order valence-electron chi connectivity index (χ3n) is 2.52. The molecule has 19 heavy (non-hydrogen) atoms. The third kappa shape index (κ3) is 2.77. The van der Waals surface area contributed by atoms with Crippen LogP contribution in [0.4, 0.5) is 0 Å². The molecule has 5 heteroatoms. The molecule has 0 aliphatic rings. The highest BCUT2D eigenvalue weighted by atomic mass is 16.5. The lowest BCUT2D eigenvalue weighted by atomic mass is 10.1. The summed E-state index contributed by atoms with van der Waals surface area (Å²) < 4.78 is 5.46. The zero-order valence-corrected chi connectivity index (χ0v) is 10.1. The number of carbonyl (C=O) groups is 1. The first kappa shape index (κ1) is 12.8. The maximum Gasteiger partial charge on any atom is 0.163 e. The average molecular weight is 260 g/mol. The molecular formula is C14H12O5. The normalized spacial score (nSPS) is 10.2. The molecule has 0 unspecified atom stereocenters. The second-order valence-electron chi connectivity index (χ2n) is 3.99. The van der Waals surface area contributed by atoms with Gasteiger partial charge >= 0.3 is 0 Å². The fraction of sp³-hybridized carbons (Fsp3) is 0.0714. The van der Waals surface area contributed by atoms with Crippen molar-refractivity contribution in [3.05, 3.63) is 42.0 Å². The molecular weight excluding hydrogens is 248 g/mol. The number of phenolic OH excluding ortho intramolecular Hbond substituents is 3. The lowest BCUT2D eigenvalue weighted by molar-refractivity contribution is 0.101. The monoisotopic (exact) mass is 260 g/mol. The van der Waals surface area contributed by atoms with E-state index in [0.29, 0.717) is 0 Å². The van der Waals surface area contributed by atoms with Crippen LogP contribution in [-0.2, 0) is 0 Å². The predicted molar refractivity (Wildman–Crippen MR) is 68.0 cm³/mol. The summed E-state index contributed by atoms with van der Waals surface area (Å²) >= 11 is 0. The van der Waals surface area contributed by atoms with Crippen molar-refractivity contribution < 1.29 is 24.9 Å². The van der Waals surface area contributed by atoms with E-state index >= 15 is 0 Å². The Bertz CT molecular complexity index is 634. The van der Waals surface area contributed by atoms with Crippen molar-refractivity contribution in [1.29, 1.82) is 0 Å². The molecule has 0 saturated carbocycles. The van der Waals surface area contributed by atoms with Crippen LogP contribution in [0.1, 0.15) is 17.3 Å². The molecule has 0 amide bonds. The lowest BCUT2D eigenvalue weighted by Crippen LogP contribution is -1.96. The minimum atomic E-state index is -0.319. The number of hydrogen-bond acceptors (Lipinski definition) is 5. The van der Waals surface area contributed by atoms with Crippen molar-refractivity contribution in [3.63, 3.8) is 0 Å². The number of aromatic hydroxyl groups is 3. The lowest BCUT2D eigenvalue weighted by Gasteiger charge is -2.10. The summed E-state index contributed by atoms with van der Waals surface area (Å²) in [5.74, 6) is -0.343. The first-order chi connectivity index (χ1) is 8.97. The van der Waals surface area contributed by atoms with Crippen LogP contribution in [0, 0.1) is 0 Å². The number of ether oxygens (including phenoxy) is 1. The van der Waals surface area contributed by atoms with Gasteiger partial charge in [0.05, 0.1) is 5.56 Å². The SMILES string of the molecule is CC(=O)c1cc(O)ccc1Oc1ccc(O)c(O)c1. The van der Waals surface area contributed by atoms with E-state index in [-0.39, 0.29) is 40.1 Å². The van der Waals surface area contributed by atoms with E-state index in [4.69, 9.17) is 4.74 Å². The average Bonchev–Trinajstić information content (AvgIpc) is 2.36. The molecule has 98 valence electrons. The van der Waals surface area contributed by atoms with Gasteiger partial charge in [-0.25, -0.2) is 0 Å². The van der Waals surface area contributed by atoms with Crippen molar-refractivity contribution in [3.8, 4) is 28.7 Å². The van der Waals surface area contributed by atoms with Crippen LogP contribution in [-0.4, -0.2) is 21.1 Å². The minimum Gasteiger partial charge on any atom is -0.508 e. The highest BCUT2D eigenvalue weighted by Crippen LogP contribution is 2.33. The van der Waals surface area contributed by atoms with Gasteiger partial charge < -0.3 is 20.1 Å². The summed E-state index contributed by atoms with van der Waals surface area (Å²) in [5.41, 5.74) is 0.229. The smallest absolute Gasteiger partial charge is 0.163 e. The van der Waals surface area contributed by atoms with Crippen molar-refractivity contribution >= 4 is 5.78 Å². The van der Waals surface area contributed by atoms with Crippen molar-refractivity contribution in [2.45, 2.75) is 6.92 Å². The van der Waals surface area contributed by atoms with Crippen LogP contribution < -0.4 is 4.74 Å². The van der Waals surface area contributed by atoms with Crippen molar-refractivity contribution in [2.24, 2.45) is 0 Å². The van der Waals surface area contributed by atoms with E-state index in [9.17, 15) is 20.1 Å². The largest absolute Gasteiger partial charge is 0.508 e. The number of hydrogen-bond donors (Lipinski definition) is 3. The molecule has 0 bridgehead atoms. The second-order valence-corrected chi connectivity index (χ2v) is 3.99. The maximum absolute atomic E-state index is 11.4. The van der Waals surface area contributed by atoms with Crippen LogP contribution in [0.5, 0.6) is 28.7 Å². The fourth-order valence-corrected chi connectivity index (χ4v) is 1.58. The Morgan fingerprint density at radius 2 is 1.74 bits per heavy atom. The van der Waals surface area contributed by atoms with E-state index in [1.807, 2.05) is 0 Å². The van der Waals surface area contributed by atoms with E-state index in [1.165, 1.54) is 43.3 Å².